The van der Waals surface area contributed by atoms with Crippen molar-refractivity contribution in [3.05, 3.63) is 35.7 Å². The Balaban J connectivity index is 2.86. The van der Waals surface area contributed by atoms with E-state index in [0.29, 0.717) is 30.8 Å². The first-order valence-electron chi connectivity index (χ1n) is 6.22. The highest BCUT2D eigenvalue weighted by Crippen LogP contribution is 2.08. The van der Waals surface area contributed by atoms with Crippen molar-refractivity contribution < 1.29 is 19.4 Å². The fraction of sp³-hybridized carbons (Fsp3) is 0.357. The molecule has 0 saturated heterocycles. The van der Waals surface area contributed by atoms with Crippen LogP contribution in [0.1, 0.15) is 22.8 Å². The minimum Gasteiger partial charge on any atom is -0.478 e. The number of carbonyl (C=O) groups is 2. The molecule has 6 heteroatoms. The summed E-state index contributed by atoms with van der Waals surface area (Å²) >= 11 is 0. The third-order valence-corrected chi connectivity index (χ3v) is 2.66. The molecule has 0 fully saturated rings. The molecule has 0 spiro atoms. The van der Waals surface area contributed by atoms with Crippen molar-refractivity contribution >= 4 is 18.0 Å². The molecule has 0 atom stereocenters. The molecule has 6 nitrogen and oxygen atoms in total. The summed E-state index contributed by atoms with van der Waals surface area (Å²) in [5.41, 5.74) is 0.997. The Hall–Kier alpha value is -2.21. The molecular weight excluding hydrogens is 260 g/mol. The molecular formula is C14H18N2O4. The van der Waals surface area contributed by atoms with Crippen LogP contribution in [0.2, 0.25) is 0 Å². The zero-order valence-corrected chi connectivity index (χ0v) is 11.6. The van der Waals surface area contributed by atoms with Gasteiger partial charge in [-0.2, -0.15) is 0 Å². The first kappa shape index (κ1) is 15.8. The molecule has 0 unspecified atom stereocenters. The monoisotopic (exact) mass is 278 g/mol. The standard InChI is InChI=1S/C14H18N2O4/c1-3-16(6-7-20-2)14(19)12-8-11(9-15-10-12)4-5-13(17)18/h4-5,8-10H,3,6-7H2,1-2H3,(H,17,18). The van der Waals surface area contributed by atoms with Gasteiger partial charge in [0.15, 0.2) is 0 Å². The summed E-state index contributed by atoms with van der Waals surface area (Å²) in [6.45, 7) is 3.42. The van der Waals surface area contributed by atoms with Crippen LogP contribution in [-0.2, 0) is 9.53 Å². The molecule has 0 aliphatic heterocycles. The Morgan fingerprint density at radius 1 is 1.45 bits per heavy atom. The van der Waals surface area contributed by atoms with Crippen molar-refractivity contribution in [2.45, 2.75) is 6.92 Å². The van der Waals surface area contributed by atoms with Crippen molar-refractivity contribution in [2.24, 2.45) is 0 Å². The molecule has 0 aromatic carbocycles. The lowest BCUT2D eigenvalue weighted by Gasteiger charge is -2.20. The van der Waals surface area contributed by atoms with Gasteiger partial charge in [-0.15, -0.1) is 0 Å². The van der Waals surface area contributed by atoms with E-state index in [4.69, 9.17) is 9.84 Å². The number of rotatable bonds is 7. The second kappa shape index (κ2) is 8.06. The van der Waals surface area contributed by atoms with E-state index in [1.54, 1.807) is 18.1 Å². The fourth-order valence-electron chi connectivity index (χ4n) is 1.62. The van der Waals surface area contributed by atoms with Crippen molar-refractivity contribution in [1.82, 2.24) is 9.88 Å². The Morgan fingerprint density at radius 3 is 2.80 bits per heavy atom. The van der Waals surface area contributed by atoms with Crippen LogP contribution >= 0.6 is 0 Å². The molecule has 1 aromatic heterocycles. The van der Waals surface area contributed by atoms with Gasteiger partial charge in [0, 0.05) is 38.7 Å². The number of hydrogen-bond donors (Lipinski definition) is 1. The molecule has 108 valence electrons. The topological polar surface area (TPSA) is 79.7 Å². The lowest BCUT2D eigenvalue weighted by molar-refractivity contribution is -0.131. The number of hydrogen-bond acceptors (Lipinski definition) is 4. The second-order valence-corrected chi connectivity index (χ2v) is 4.06. The molecule has 1 amide bonds. The molecule has 1 heterocycles. The average molecular weight is 278 g/mol. The van der Waals surface area contributed by atoms with Gasteiger partial charge in [-0.25, -0.2) is 4.79 Å². The summed E-state index contributed by atoms with van der Waals surface area (Å²) in [5.74, 6) is -1.19. The maximum atomic E-state index is 12.3. The van der Waals surface area contributed by atoms with Crippen LogP contribution in [0.5, 0.6) is 0 Å². The lowest BCUT2D eigenvalue weighted by atomic mass is 10.1. The van der Waals surface area contributed by atoms with Crippen LogP contribution in [0.25, 0.3) is 6.08 Å². The van der Waals surface area contributed by atoms with E-state index in [-0.39, 0.29) is 5.91 Å². The highest BCUT2D eigenvalue weighted by atomic mass is 16.5. The van der Waals surface area contributed by atoms with Crippen LogP contribution in [0.4, 0.5) is 0 Å². The zero-order valence-electron chi connectivity index (χ0n) is 11.6. The largest absolute Gasteiger partial charge is 0.478 e. The number of carbonyl (C=O) groups excluding carboxylic acids is 1. The fourth-order valence-corrected chi connectivity index (χ4v) is 1.62. The van der Waals surface area contributed by atoms with Crippen LogP contribution in [0.15, 0.2) is 24.5 Å². The third-order valence-electron chi connectivity index (χ3n) is 2.66. The van der Waals surface area contributed by atoms with Crippen molar-refractivity contribution in [3.63, 3.8) is 0 Å². The lowest BCUT2D eigenvalue weighted by Crippen LogP contribution is -2.33. The quantitative estimate of drug-likeness (QED) is 0.760. The van der Waals surface area contributed by atoms with Gasteiger partial charge in [-0.3, -0.25) is 9.78 Å². The molecule has 0 bridgehead atoms. The van der Waals surface area contributed by atoms with Gasteiger partial charge in [-0.05, 0) is 24.6 Å². The predicted octanol–water partition coefficient (Wildman–Crippen LogP) is 1.29. The van der Waals surface area contributed by atoms with Gasteiger partial charge in [0.05, 0.1) is 12.2 Å². The maximum absolute atomic E-state index is 12.3. The number of methoxy groups -OCH3 is 1. The highest BCUT2D eigenvalue weighted by molar-refractivity contribution is 5.94. The van der Waals surface area contributed by atoms with Crippen LogP contribution in [0.3, 0.4) is 0 Å². The summed E-state index contributed by atoms with van der Waals surface area (Å²) in [7, 11) is 1.58. The summed E-state index contributed by atoms with van der Waals surface area (Å²) < 4.78 is 4.96. The first-order valence-corrected chi connectivity index (χ1v) is 6.22. The van der Waals surface area contributed by atoms with E-state index in [2.05, 4.69) is 4.98 Å². The number of amides is 1. The number of carboxylic acids is 1. The number of likely N-dealkylation sites (N-methyl/N-ethyl adjacent to an activating group) is 1. The number of aliphatic carboxylic acids is 1. The predicted molar refractivity (Wildman–Crippen MR) is 74.4 cm³/mol. The minimum atomic E-state index is -1.04. The normalized spacial score (nSPS) is 10.7. The molecule has 1 aromatic rings. The average Bonchev–Trinajstić information content (AvgIpc) is 2.46. The van der Waals surface area contributed by atoms with Crippen LogP contribution in [0, 0.1) is 0 Å². The summed E-state index contributed by atoms with van der Waals surface area (Å²) in [6.07, 6.45) is 5.38. The number of aromatic nitrogens is 1. The second-order valence-electron chi connectivity index (χ2n) is 4.06. The van der Waals surface area contributed by atoms with Gasteiger partial charge in [0.1, 0.15) is 0 Å². The Kier molecular flexibility index (Phi) is 6.39. The Bertz CT molecular complexity index is 500. The van der Waals surface area contributed by atoms with Crippen molar-refractivity contribution in [2.75, 3.05) is 26.8 Å². The van der Waals surface area contributed by atoms with Gasteiger partial charge in [0.2, 0.25) is 0 Å². The zero-order chi connectivity index (χ0) is 15.0. The smallest absolute Gasteiger partial charge is 0.328 e. The van der Waals surface area contributed by atoms with Crippen molar-refractivity contribution in [3.8, 4) is 0 Å². The van der Waals surface area contributed by atoms with E-state index in [9.17, 15) is 9.59 Å². The summed E-state index contributed by atoms with van der Waals surface area (Å²) in [6, 6.07) is 1.62. The maximum Gasteiger partial charge on any atom is 0.328 e. The number of ether oxygens (including phenoxy) is 1. The molecule has 1 N–H and O–H groups in total. The first-order chi connectivity index (χ1) is 9.58. The number of carboxylic acid groups (broad SMARTS) is 1. The SMILES string of the molecule is CCN(CCOC)C(=O)c1cncc(C=CC(=O)O)c1. The number of nitrogens with zero attached hydrogens (tertiary/aromatic N) is 2. The van der Waals surface area contributed by atoms with E-state index < -0.39 is 5.97 Å². The van der Waals surface area contributed by atoms with Crippen LogP contribution in [-0.4, -0.2) is 53.7 Å². The van der Waals surface area contributed by atoms with Crippen molar-refractivity contribution in [1.29, 1.82) is 0 Å². The Labute approximate surface area is 117 Å². The molecule has 1 rings (SSSR count). The molecule has 0 saturated carbocycles. The van der Waals surface area contributed by atoms with Gasteiger partial charge in [-0.1, -0.05) is 0 Å². The van der Waals surface area contributed by atoms with E-state index in [1.807, 2.05) is 6.92 Å². The molecule has 20 heavy (non-hydrogen) atoms. The third kappa shape index (κ3) is 4.81. The molecule has 0 aliphatic carbocycles. The Morgan fingerprint density at radius 2 is 2.20 bits per heavy atom. The molecule has 0 radical (unpaired) electrons. The van der Waals surface area contributed by atoms with Gasteiger partial charge >= 0.3 is 5.97 Å². The minimum absolute atomic E-state index is 0.150. The molecule has 0 aliphatic rings. The van der Waals surface area contributed by atoms with E-state index >= 15 is 0 Å². The van der Waals surface area contributed by atoms with E-state index in [0.717, 1.165) is 6.08 Å². The summed E-state index contributed by atoms with van der Waals surface area (Å²) in [5, 5.41) is 8.58. The highest BCUT2D eigenvalue weighted by Gasteiger charge is 2.14. The van der Waals surface area contributed by atoms with Crippen LogP contribution < -0.4 is 0 Å². The summed E-state index contributed by atoms with van der Waals surface area (Å²) in [4.78, 5) is 28.3. The van der Waals surface area contributed by atoms with Gasteiger partial charge in [0.25, 0.3) is 5.91 Å². The number of pyridine rings is 1. The van der Waals surface area contributed by atoms with E-state index in [1.165, 1.54) is 18.5 Å². The van der Waals surface area contributed by atoms with Gasteiger partial charge < -0.3 is 14.7 Å².